The topological polar surface area (TPSA) is 12.9 Å². The van der Waals surface area contributed by atoms with Crippen molar-refractivity contribution < 1.29 is 0 Å². The molecule has 0 radical (unpaired) electrons. The first kappa shape index (κ1) is 10.1. The molecule has 0 aliphatic rings. The fourth-order valence-electron chi connectivity index (χ4n) is 1.44. The summed E-state index contributed by atoms with van der Waals surface area (Å²) < 4.78 is 0.988. The van der Waals surface area contributed by atoms with Gasteiger partial charge in [0.2, 0.25) is 0 Å². The van der Waals surface area contributed by atoms with E-state index in [9.17, 15) is 0 Å². The SMILES string of the molecule is C=Cc1ccccc1-c1ccc(Br)cn1. The lowest BCUT2D eigenvalue weighted by Gasteiger charge is -2.04. The molecule has 1 aromatic heterocycles. The van der Waals surface area contributed by atoms with Crippen molar-refractivity contribution in [1.82, 2.24) is 4.98 Å². The number of benzene rings is 1. The lowest BCUT2D eigenvalue weighted by molar-refractivity contribution is 1.31. The minimum absolute atomic E-state index is 0.966. The van der Waals surface area contributed by atoms with E-state index in [4.69, 9.17) is 0 Å². The lowest BCUT2D eigenvalue weighted by atomic mass is 10.0. The van der Waals surface area contributed by atoms with Crippen LogP contribution in [0.4, 0.5) is 0 Å². The number of hydrogen-bond donors (Lipinski definition) is 0. The van der Waals surface area contributed by atoms with Gasteiger partial charge in [0, 0.05) is 16.2 Å². The highest BCUT2D eigenvalue weighted by atomic mass is 79.9. The first-order valence-corrected chi connectivity index (χ1v) is 5.44. The smallest absolute Gasteiger partial charge is 0.0708 e. The Morgan fingerprint density at radius 3 is 2.60 bits per heavy atom. The molecule has 2 heteroatoms. The molecule has 0 aliphatic carbocycles. The van der Waals surface area contributed by atoms with Gasteiger partial charge in [-0.25, -0.2) is 0 Å². The number of pyridine rings is 1. The highest BCUT2D eigenvalue weighted by Gasteiger charge is 2.02. The molecule has 0 bridgehead atoms. The molecule has 15 heavy (non-hydrogen) atoms. The van der Waals surface area contributed by atoms with Crippen LogP contribution in [0.15, 0.2) is 53.6 Å². The van der Waals surface area contributed by atoms with Crippen molar-refractivity contribution in [3.63, 3.8) is 0 Å². The van der Waals surface area contributed by atoms with Crippen LogP contribution in [-0.4, -0.2) is 4.98 Å². The number of halogens is 1. The average molecular weight is 260 g/mol. The summed E-state index contributed by atoms with van der Waals surface area (Å²) in [6.45, 7) is 3.80. The van der Waals surface area contributed by atoms with E-state index >= 15 is 0 Å². The van der Waals surface area contributed by atoms with Crippen molar-refractivity contribution >= 4 is 22.0 Å². The van der Waals surface area contributed by atoms with E-state index in [-0.39, 0.29) is 0 Å². The molecule has 2 aromatic rings. The third-order valence-corrected chi connectivity index (χ3v) is 2.65. The average Bonchev–Trinajstić information content (AvgIpc) is 2.30. The molecule has 0 spiro atoms. The minimum atomic E-state index is 0.966. The third-order valence-electron chi connectivity index (χ3n) is 2.18. The van der Waals surface area contributed by atoms with Crippen LogP contribution in [0.5, 0.6) is 0 Å². The van der Waals surface area contributed by atoms with E-state index in [1.807, 2.05) is 42.5 Å². The number of nitrogens with zero attached hydrogens (tertiary/aromatic N) is 1. The van der Waals surface area contributed by atoms with Gasteiger partial charge in [0.05, 0.1) is 5.69 Å². The van der Waals surface area contributed by atoms with Crippen molar-refractivity contribution in [3.8, 4) is 11.3 Å². The second-order valence-electron chi connectivity index (χ2n) is 3.15. The summed E-state index contributed by atoms with van der Waals surface area (Å²) in [5.74, 6) is 0. The van der Waals surface area contributed by atoms with E-state index in [2.05, 4.69) is 27.5 Å². The summed E-state index contributed by atoms with van der Waals surface area (Å²) >= 11 is 3.37. The number of aromatic nitrogens is 1. The van der Waals surface area contributed by atoms with Gasteiger partial charge in [-0.2, -0.15) is 0 Å². The molecule has 0 atom stereocenters. The Bertz CT molecular complexity index is 474. The second kappa shape index (κ2) is 4.41. The van der Waals surface area contributed by atoms with Gasteiger partial charge in [-0.1, -0.05) is 36.9 Å². The molecule has 1 heterocycles. The Balaban J connectivity index is 2.53. The fourth-order valence-corrected chi connectivity index (χ4v) is 1.68. The summed E-state index contributed by atoms with van der Waals surface area (Å²) in [5, 5.41) is 0. The lowest BCUT2D eigenvalue weighted by Crippen LogP contribution is -1.85. The maximum absolute atomic E-state index is 4.36. The Morgan fingerprint density at radius 1 is 1.13 bits per heavy atom. The molecule has 1 nitrogen and oxygen atoms in total. The van der Waals surface area contributed by atoms with Crippen molar-refractivity contribution in [2.45, 2.75) is 0 Å². The zero-order chi connectivity index (χ0) is 10.7. The first-order valence-electron chi connectivity index (χ1n) is 4.64. The Labute approximate surface area is 97.6 Å². The Kier molecular flexibility index (Phi) is 2.97. The predicted octanol–water partition coefficient (Wildman–Crippen LogP) is 4.15. The molecule has 1 aromatic carbocycles. The van der Waals surface area contributed by atoms with Crippen molar-refractivity contribution in [3.05, 3.63) is 59.2 Å². The summed E-state index contributed by atoms with van der Waals surface area (Å²) in [7, 11) is 0. The fraction of sp³-hybridized carbons (Fsp3) is 0. The van der Waals surface area contributed by atoms with E-state index in [0.717, 1.165) is 21.3 Å². The molecule has 2 rings (SSSR count). The third kappa shape index (κ3) is 2.16. The summed E-state index contributed by atoms with van der Waals surface area (Å²) in [4.78, 5) is 4.36. The van der Waals surface area contributed by atoms with Gasteiger partial charge >= 0.3 is 0 Å². The second-order valence-corrected chi connectivity index (χ2v) is 4.07. The van der Waals surface area contributed by atoms with E-state index in [1.165, 1.54) is 0 Å². The van der Waals surface area contributed by atoms with E-state index < -0.39 is 0 Å². The Morgan fingerprint density at radius 2 is 1.93 bits per heavy atom. The largest absolute Gasteiger partial charge is 0.255 e. The normalized spacial score (nSPS) is 9.93. The first-order chi connectivity index (χ1) is 7.31. The molecule has 0 aliphatic heterocycles. The standard InChI is InChI=1S/C13H10BrN/c1-2-10-5-3-4-6-12(10)13-8-7-11(14)9-15-13/h2-9H,1H2. The van der Waals surface area contributed by atoms with Gasteiger partial charge in [0.1, 0.15) is 0 Å². The highest BCUT2D eigenvalue weighted by molar-refractivity contribution is 9.10. The molecule has 0 N–H and O–H groups in total. The maximum atomic E-state index is 4.36. The Hall–Kier alpha value is -1.41. The van der Waals surface area contributed by atoms with Crippen LogP contribution in [0.3, 0.4) is 0 Å². The highest BCUT2D eigenvalue weighted by Crippen LogP contribution is 2.23. The monoisotopic (exact) mass is 259 g/mol. The molecule has 0 saturated heterocycles. The predicted molar refractivity (Wildman–Crippen MR) is 67.5 cm³/mol. The van der Waals surface area contributed by atoms with Crippen LogP contribution < -0.4 is 0 Å². The van der Waals surface area contributed by atoms with Crippen LogP contribution in [0.2, 0.25) is 0 Å². The van der Waals surface area contributed by atoms with Crippen molar-refractivity contribution in [2.75, 3.05) is 0 Å². The molecule has 0 saturated carbocycles. The molecule has 0 unspecified atom stereocenters. The van der Waals surface area contributed by atoms with Crippen LogP contribution in [0.25, 0.3) is 17.3 Å². The summed E-state index contributed by atoms with van der Waals surface area (Å²) in [6.07, 6.45) is 3.65. The van der Waals surface area contributed by atoms with Gasteiger partial charge in [0.25, 0.3) is 0 Å². The number of hydrogen-bond acceptors (Lipinski definition) is 1. The van der Waals surface area contributed by atoms with Crippen molar-refractivity contribution in [2.24, 2.45) is 0 Å². The van der Waals surface area contributed by atoms with Crippen LogP contribution in [0.1, 0.15) is 5.56 Å². The molecule has 0 amide bonds. The van der Waals surface area contributed by atoms with E-state index in [1.54, 1.807) is 6.20 Å². The van der Waals surface area contributed by atoms with Crippen LogP contribution >= 0.6 is 15.9 Å². The zero-order valence-electron chi connectivity index (χ0n) is 8.15. The van der Waals surface area contributed by atoms with Crippen LogP contribution in [-0.2, 0) is 0 Å². The zero-order valence-corrected chi connectivity index (χ0v) is 9.74. The van der Waals surface area contributed by atoms with Crippen molar-refractivity contribution in [1.29, 1.82) is 0 Å². The van der Waals surface area contributed by atoms with Crippen LogP contribution in [0, 0.1) is 0 Å². The van der Waals surface area contributed by atoms with Gasteiger partial charge in [0.15, 0.2) is 0 Å². The molecule has 0 fully saturated rings. The van der Waals surface area contributed by atoms with Gasteiger partial charge in [-0.05, 0) is 33.6 Å². The molecule has 74 valence electrons. The maximum Gasteiger partial charge on any atom is 0.0708 e. The molecular weight excluding hydrogens is 250 g/mol. The minimum Gasteiger partial charge on any atom is -0.255 e. The van der Waals surface area contributed by atoms with Gasteiger partial charge < -0.3 is 0 Å². The molecular formula is C13H10BrN. The van der Waals surface area contributed by atoms with Gasteiger partial charge in [-0.3, -0.25) is 4.98 Å². The number of rotatable bonds is 2. The summed E-state index contributed by atoms with van der Waals surface area (Å²) in [6, 6.07) is 12.1. The van der Waals surface area contributed by atoms with E-state index in [0.29, 0.717) is 0 Å². The quantitative estimate of drug-likeness (QED) is 0.790. The van der Waals surface area contributed by atoms with Gasteiger partial charge in [-0.15, -0.1) is 0 Å². The summed E-state index contributed by atoms with van der Waals surface area (Å²) in [5.41, 5.74) is 3.18.